The molecule has 13 heavy (non-hydrogen) atoms. The number of rotatable bonds is 7. The number of hydrogen-bond donors (Lipinski definition) is 1. The van der Waals surface area contributed by atoms with Crippen LogP contribution in [0.3, 0.4) is 0 Å². The number of nitrogens with one attached hydrogen (secondary N) is 1. The van der Waals surface area contributed by atoms with Gasteiger partial charge in [0.05, 0.1) is 6.61 Å². The van der Waals surface area contributed by atoms with Crippen molar-refractivity contribution in [2.75, 3.05) is 26.8 Å². The van der Waals surface area contributed by atoms with Crippen LogP contribution in [0.2, 0.25) is 0 Å². The summed E-state index contributed by atoms with van der Waals surface area (Å²) in [6, 6.07) is 0. The molecule has 0 aromatic rings. The lowest BCUT2D eigenvalue weighted by molar-refractivity contribution is 0.121. The summed E-state index contributed by atoms with van der Waals surface area (Å²) >= 11 is 0. The molecule has 0 aliphatic heterocycles. The first-order valence-electron chi connectivity index (χ1n) is 4.87. The van der Waals surface area contributed by atoms with Gasteiger partial charge in [0.1, 0.15) is 0 Å². The third kappa shape index (κ3) is 5.83. The maximum Gasteiger partial charge on any atom is 0.0562 e. The third-order valence-electron chi connectivity index (χ3n) is 2.05. The second-order valence-corrected chi connectivity index (χ2v) is 4.32. The van der Waals surface area contributed by atoms with Crippen LogP contribution in [-0.2, 0) is 4.74 Å². The van der Waals surface area contributed by atoms with E-state index in [4.69, 9.17) is 4.74 Å². The van der Waals surface area contributed by atoms with E-state index in [1.807, 2.05) is 6.08 Å². The lowest BCUT2D eigenvalue weighted by Crippen LogP contribution is -2.35. The van der Waals surface area contributed by atoms with E-state index < -0.39 is 0 Å². The van der Waals surface area contributed by atoms with Crippen molar-refractivity contribution in [1.82, 2.24) is 5.32 Å². The molecule has 1 unspecified atom stereocenters. The summed E-state index contributed by atoms with van der Waals surface area (Å²) < 4.78 is 5.14. The highest BCUT2D eigenvalue weighted by molar-refractivity contribution is 4.93. The van der Waals surface area contributed by atoms with Crippen LogP contribution in [0.5, 0.6) is 0 Å². The molecule has 0 saturated carbocycles. The average Bonchev–Trinajstić information content (AvgIpc) is 2.04. The molecule has 0 rings (SSSR count). The molecule has 0 spiro atoms. The standard InChI is InChI=1S/C11H23NO/c1-6-11(4,9-13-5)8-12-7-10(2)3/h6,10,12H,1,7-9H2,2-5H3. The van der Waals surface area contributed by atoms with Crippen LogP contribution in [0.15, 0.2) is 12.7 Å². The van der Waals surface area contributed by atoms with Gasteiger partial charge in [0.25, 0.3) is 0 Å². The molecule has 0 amide bonds. The largest absolute Gasteiger partial charge is 0.384 e. The van der Waals surface area contributed by atoms with E-state index in [0.29, 0.717) is 5.92 Å². The zero-order valence-electron chi connectivity index (χ0n) is 9.39. The summed E-state index contributed by atoms with van der Waals surface area (Å²) in [6.07, 6.45) is 1.96. The second-order valence-electron chi connectivity index (χ2n) is 4.32. The van der Waals surface area contributed by atoms with Crippen molar-refractivity contribution in [3.8, 4) is 0 Å². The van der Waals surface area contributed by atoms with Crippen molar-refractivity contribution in [2.45, 2.75) is 20.8 Å². The maximum atomic E-state index is 5.14. The van der Waals surface area contributed by atoms with Crippen molar-refractivity contribution in [3.63, 3.8) is 0 Å². The molecule has 78 valence electrons. The second kappa shape index (κ2) is 6.17. The Bertz CT molecular complexity index is 145. The summed E-state index contributed by atoms with van der Waals surface area (Å²) in [6.45, 7) is 13.1. The van der Waals surface area contributed by atoms with Crippen LogP contribution in [-0.4, -0.2) is 26.8 Å². The van der Waals surface area contributed by atoms with Gasteiger partial charge in [-0.1, -0.05) is 26.8 Å². The van der Waals surface area contributed by atoms with Gasteiger partial charge in [-0.25, -0.2) is 0 Å². The first kappa shape index (κ1) is 12.7. The summed E-state index contributed by atoms with van der Waals surface area (Å²) in [4.78, 5) is 0. The Morgan fingerprint density at radius 1 is 1.54 bits per heavy atom. The van der Waals surface area contributed by atoms with Crippen molar-refractivity contribution in [3.05, 3.63) is 12.7 Å². The van der Waals surface area contributed by atoms with Crippen LogP contribution in [0.4, 0.5) is 0 Å². The minimum atomic E-state index is 0.0592. The van der Waals surface area contributed by atoms with Gasteiger partial charge >= 0.3 is 0 Å². The SMILES string of the molecule is C=CC(C)(CNCC(C)C)COC. The zero-order chi connectivity index (χ0) is 10.3. The van der Waals surface area contributed by atoms with Crippen LogP contribution in [0.1, 0.15) is 20.8 Å². The average molecular weight is 185 g/mol. The van der Waals surface area contributed by atoms with E-state index in [0.717, 1.165) is 19.7 Å². The highest BCUT2D eigenvalue weighted by Gasteiger charge is 2.19. The highest BCUT2D eigenvalue weighted by atomic mass is 16.5. The molecular weight excluding hydrogens is 162 g/mol. The topological polar surface area (TPSA) is 21.3 Å². The van der Waals surface area contributed by atoms with Gasteiger partial charge in [-0.15, -0.1) is 6.58 Å². The lowest BCUT2D eigenvalue weighted by atomic mass is 9.92. The van der Waals surface area contributed by atoms with Crippen LogP contribution < -0.4 is 5.32 Å². The fourth-order valence-electron chi connectivity index (χ4n) is 1.16. The smallest absolute Gasteiger partial charge is 0.0562 e. The quantitative estimate of drug-likeness (QED) is 0.613. The van der Waals surface area contributed by atoms with Crippen LogP contribution >= 0.6 is 0 Å². The Balaban J connectivity index is 3.76. The Morgan fingerprint density at radius 3 is 2.54 bits per heavy atom. The fourth-order valence-corrected chi connectivity index (χ4v) is 1.16. The summed E-state index contributed by atoms with van der Waals surface area (Å²) in [7, 11) is 1.73. The molecule has 0 aliphatic rings. The third-order valence-corrected chi connectivity index (χ3v) is 2.05. The minimum absolute atomic E-state index is 0.0592. The predicted octanol–water partition coefficient (Wildman–Crippen LogP) is 2.07. The Labute approximate surface area is 82.4 Å². The Morgan fingerprint density at radius 2 is 2.15 bits per heavy atom. The van der Waals surface area contributed by atoms with E-state index in [-0.39, 0.29) is 5.41 Å². The van der Waals surface area contributed by atoms with Crippen molar-refractivity contribution in [2.24, 2.45) is 11.3 Å². The molecule has 0 saturated heterocycles. The van der Waals surface area contributed by atoms with Gasteiger partial charge < -0.3 is 10.1 Å². The predicted molar refractivity (Wildman–Crippen MR) is 57.9 cm³/mol. The molecule has 2 nitrogen and oxygen atoms in total. The molecular formula is C11H23NO. The first-order chi connectivity index (χ1) is 6.04. The molecule has 0 bridgehead atoms. The number of hydrogen-bond acceptors (Lipinski definition) is 2. The van der Waals surface area contributed by atoms with Crippen molar-refractivity contribution < 1.29 is 4.74 Å². The minimum Gasteiger partial charge on any atom is -0.384 e. The number of methoxy groups -OCH3 is 1. The van der Waals surface area contributed by atoms with E-state index >= 15 is 0 Å². The van der Waals surface area contributed by atoms with Gasteiger partial charge in [0.15, 0.2) is 0 Å². The summed E-state index contributed by atoms with van der Waals surface area (Å²) in [5.41, 5.74) is 0.0592. The van der Waals surface area contributed by atoms with Gasteiger partial charge in [-0.2, -0.15) is 0 Å². The first-order valence-corrected chi connectivity index (χ1v) is 4.87. The molecule has 1 N–H and O–H groups in total. The summed E-state index contributed by atoms with van der Waals surface area (Å²) in [5.74, 6) is 0.691. The molecule has 2 heteroatoms. The van der Waals surface area contributed by atoms with Crippen molar-refractivity contribution >= 4 is 0 Å². The Kier molecular flexibility index (Phi) is 6.00. The number of ether oxygens (including phenoxy) is 1. The van der Waals surface area contributed by atoms with Gasteiger partial charge in [-0.3, -0.25) is 0 Å². The molecule has 0 aromatic carbocycles. The van der Waals surface area contributed by atoms with E-state index in [1.165, 1.54) is 0 Å². The van der Waals surface area contributed by atoms with Gasteiger partial charge in [0.2, 0.25) is 0 Å². The van der Waals surface area contributed by atoms with Crippen LogP contribution in [0.25, 0.3) is 0 Å². The van der Waals surface area contributed by atoms with Gasteiger partial charge in [0, 0.05) is 19.1 Å². The normalized spacial score (nSPS) is 15.8. The molecule has 0 radical (unpaired) electrons. The van der Waals surface area contributed by atoms with Crippen molar-refractivity contribution in [1.29, 1.82) is 0 Å². The molecule has 1 atom stereocenters. The lowest BCUT2D eigenvalue weighted by Gasteiger charge is -2.25. The van der Waals surface area contributed by atoms with Gasteiger partial charge in [-0.05, 0) is 12.5 Å². The highest BCUT2D eigenvalue weighted by Crippen LogP contribution is 2.16. The van der Waals surface area contributed by atoms with E-state index in [1.54, 1.807) is 7.11 Å². The molecule has 0 heterocycles. The van der Waals surface area contributed by atoms with Crippen LogP contribution in [0, 0.1) is 11.3 Å². The van der Waals surface area contributed by atoms with E-state index in [9.17, 15) is 0 Å². The molecule has 0 aliphatic carbocycles. The Hall–Kier alpha value is -0.340. The monoisotopic (exact) mass is 185 g/mol. The zero-order valence-corrected chi connectivity index (χ0v) is 9.39. The van der Waals surface area contributed by atoms with E-state index in [2.05, 4.69) is 32.7 Å². The maximum absolute atomic E-state index is 5.14. The fraction of sp³-hybridized carbons (Fsp3) is 0.818. The molecule has 0 aromatic heterocycles. The summed E-state index contributed by atoms with van der Waals surface area (Å²) in [5, 5.41) is 3.41. The molecule has 0 fully saturated rings.